The molecular formula is C9H12LiNO4. The van der Waals surface area contributed by atoms with Gasteiger partial charge in [0.15, 0.2) is 0 Å². The Morgan fingerprint density at radius 3 is 2.53 bits per heavy atom. The van der Waals surface area contributed by atoms with E-state index in [1.807, 2.05) is 24.3 Å². The maximum absolute atomic E-state index is 10.6. The molecule has 0 saturated heterocycles. The van der Waals surface area contributed by atoms with Crippen LogP contribution in [-0.4, -0.2) is 28.1 Å². The van der Waals surface area contributed by atoms with Gasteiger partial charge in [0, 0.05) is 12.1 Å². The fraction of sp³-hybridized carbons (Fsp3) is 0.222. The van der Waals surface area contributed by atoms with Gasteiger partial charge in [0.05, 0.1) is 0 Å². The number of anilines is 1. The van der Waals surface area contributed by atoms with Gasteiger partial charge in [0.1, 0.15) is 6.04 Å². The summed E-state index contributed by atoms with van der Waals surface area (Å²) < 4.78 is 0. The molecule has 1 heterocycles. The van der Waals surface area contributed by atoms with Gasteiger partial charge in [0.25, 0.3) is 0 Å². The van der Waals surface area contributed by atoms with Crippen LogP contribution in [0.3, 0.4) is 0 Å². The van der Waals surface area contributed by atoms with Crippen LogP contribution >= 0.6 is 0 Å². The summed E-state index contributed by atoms with van der Waals surface area (Å²) in [5.41, 5.74) is 2.04. The minimum absolute atomic E-state index is 0. The van der Waals surface area contributed by atoms with Crippen LogP contribution in [0.4, 0.5) is 5.69 Å². The Bertz CT molecular complexity index is 307. The van der Waals surface area contributed by atoms with Gasteiger partial charge in [-0.1, -0.05) is 18.2 Å². The maximum Gasteiger partial charge on any atom is 1.00 e. The van der Waals surface area contributed by atoms with Crippen molar-refractivity contribution < 1.29 is 39.7 Å². The van der Waals surface area contributed by atoms with Crippen molar-refractivity contribution in [3.05, 3.63) is 29.8 Å². The molecule has 0 aromatic heterocycles. The first-order valence-electron chi connectivity index (χ1n) is 3.84. The summed E-state index contributed by atoms with van der Waals surface area (Å²) in [6.07, 6.45) is 0.589. The number of carboxylic acid groups (broad SMARTS) is 1. The van der Waals surface area contributed by atoms with Gasteiger partial charge in [0.2, 0.25) is 0 Å². The number of aliphatic carboxylic acids is 1. The van der Waals surface area contributed by atoms with E-state index in [0.717, 1.165) is 11.3 Å². The summed E-state index contributed by atoms with van der Waals surface area (Å²) >= 11 is 0. The number of carboxylic acids is 1. The molecule has 1 unspecified atom stereocenters. The Hall–Kier alpha value is -0.993. The summed E-state index contributed by atoms with van der Waals surface area (Å²) in [5, 5.41) is 11.7. The molecule has 0 fully saturated rings. The molecule has 5 nitrogen and oxygen atoms in total. The molecular weight excluding hydrogens is 193 g/mol. The second-order valence-electron chi connectivity index (χ2n) is 2.90. The SMILES string of the molecule is O.O=C(O)C1Cc2ccccc2N1.[Li+].[OH-]. The molecule has 1 aliphatic rings. The molecule has 0 aliphatic carbocycles. The first-order valence-corrected chi connectivity index (χ1v) is 3.84. The van der Waals surface area contributed by atoms with E-state index in [1.165, 1.54) is 0 Å². The molecule has 0 bridgehead atoms. The van der Waals surface area contributed by atoms with Crippen molar-refractivity contribution in [1.82, 2.24) is 0 Å². The quantitative estimate of drug-likeness (QED) is 0.479. The molecule has 1 aromatic carbocycles. The third-order valence-electron chi connectivity index (χ3n) is 2.07. The second-order valence-corrected chi connectivity index (χ2v) is 2.90. The fourth-order valence-electron chi connectivity index (χ4n) is 1.45. The molecule has 0 radical (unpaired) electrons. The normalized spacial score (nSPS) is 15.9. The Kier molecular flexibility index (Phi) is 7.10. The van der Waals surface area contributed by atoms with Gasteiger partial charge in [-0.15, -0.1) is 0 Å². The fourth-order valence-corrected chi connectivity index (χ4v) is 1.45. The van der Waals surface area contributed by atoms with E-state index in [-0.39, 0.29) is 29.8 Å². The first-order chi connectivity index (χ1) is 5.77. The molecule has 1 atom stereocenters. The zero-order valence-electron chi connectivity index (χ0n) is 8.40. The van der Waals surface area contributed by atoms with Crippen LogP contribution in [-0.2, 0) is 11.2 Å². The third-order valence-corrected chi connectivity index (χ3v) is 2.07. The predicted molar refractivity (Wildman–Crippen MR) is 50.7 cm³/mol. The van der Waals surface area contributed by atoms with Gasteiger partial charge in [-0.2, -0.15) is 0 Å². The van der Waals surface area contributed by atoms with Crippen LogP contribution in [0.5, 0.6) is 0 Å². The summed E-state index contributed by atoms with van der Waals surface area (Å²) in [6, 6.07) is 7.23. The van der Waals surface area contributed by atoms with Crippen LogP contribution in [0.2, 0.25) is 0 Å². The van der Waals surface area contributed by atoms with Crippen LogP contribution in [0.15, 0.2) is 24.3 Å². The smallest absolute Gasteiger partial charge is 0.870 e. The van der Waals surface area contributed by atoms with Crippen molar-refractivity contribution >= 4 is 11.7 Å². The monoisotopic (exact) mass is 205 g/mol. The predicted octanol–water partition coefficient (Wildman–Crippen LogP) is -2.89. The van der Waals surface area contributed by atoms with Crippen LogP contribution in [0.25, 0.3) is 0 Å². The Morgan fingerprint density at radius 2 is 2.00 bits per heavy atom. The molecule has 1 aromatic rings. The van der Waals surface area contributed by atoms with Crippen molar-refractivity contribution in [3.8, 4) is 0 Å². The largest absolute Gasteiger partial charge is 1.00 e. The number of hydrogen-bond acceptors (Lipinski definition) is 3. The molecule has 5 N–H and O–H groups in total. The van der Waals surface area contributed by atoms with Crippen molar-refractivity contribution in [2.24, 2.45) is 0 Å². The molecule has 78 valence electrons. The summed E-state index contributed by atoms with van der Waals surface area (Å²) in [5.74, 6) is -0.786. The molecule has 0 saturated carbocycles. The molecule has 0 spiro atoms. The van der Waals surface area contributed by atoms with E-state index in [1.54, 1.807) is 0 Å². The van der Waals surface area contributed by atoms with Gasteiger partial charge in [-0.05, 0) is 11.6 Å². The Balaban J connectivity index is 0. The average molecular weight is 205 g/mol. The average Bonchev–Trinajstić information content (AvgIpc) is 2.46. The number of hydrogen-bond donors (Lipinski definition) is 2. The first kappa shape index (κ1) is 16.4. The number of carbonyl (C=O) groups is 1. The van der Waals surface area contributed by atoms with E-state index in [0.29, 0.717) is 6.42 Å². The summed E-state index contributed by atoms with van der Waals surface area (Å²) in [4.78, 5) is 10.6. The number of fused-ring (bicyclic) bond motifs is 1. The Labute approximate surface area is 99.3 Å². The summed E-state index contributed by atoms with van der Waals surface area (Å²) in [7, 11) is 0. The van der Waals surface area contributed by atoms with E-state index in [9.17, 15) is 4.79 Å². The molecule has 15 heavy (non-hydrogen) atoms. The van der Waals surface area contributed by atoms with Gasteiger partial charge < -0.3 is 21.4 Å². The third kappa shape index (κ3) is 3.25. The van der Waals surface area contributed by atoms with Crippen molar-refractivity contribution in [3.63, 3.8) is 0 Å². The van der Waals surface area contributed by atoms with E-state index in [4.69, 9.17) is 5.11 Å². The maximum atomic E-state index is 10.6. The van der Waals surface area contributed by atoms with E-state index < -0.39 is 12.0 Å². The topological polar surface area (TPSA) is 111 Å². The molecule has 6 heteroatoms. The molecule has 0 amide bonds. The summed E-state index contributed by atoms with van der Waals surface area (Å²) in [6.45, 7) is 0. The van der Waals surface area contributed by atoms with Gasteiger partial charge in [-0.25, -0.2) is 4.79 Å². The van der Waals surface area contributed by atoms with Crippen molar-refractivity contribution in [1.29, 1.82) is 0 Å². The number of para-hydroxylation sites is 1. The van der Waals surface area contributed by atoms with Crippen molar-refractivity contribution in [2.45, 2.75) is 12.5 Å². The van der Waals surface area contributed by atoms with E-state index >= 15 is 0 Å². The number of rotatable bonds is 1. The molecule has 1 aliphatic heterocycles. The zero-order chi connectivity index (χ0) is 8.55. The number of benzene rings is 1. The van der Waals surface area contributed by atoms with Crippen molar-refractivity contribution in [2.75, 3.05) is 5.32 Å². The Morgan fingerprint density at radius 1 is 1.40 bits per heavy atom. The molecule has 2 rings (SSSR count). The van der Waals surface area contributed by atoms with Crippen LogP contribution in [0, 0.1) is 0 Å². The standard InChI is InChI=1S/C9H9NO2.Li.2H2O/c11-9(12)8-5-6-3-1-2-4-7(6)10-8;;;/h1-4,8,10H,5H2,(H,11,12);;2*1H2/q;+1;;/p-1. The minimum atomic E-state index is -0.786. The van der Waals surface area contributed by atoms with E-state index in [2.05, 4.69) is 5.32 Å². The zero-order valence-corrected chi connectivity index (χ0v) is 8.40. The van der Waals surface area contributed by atoms with Crippen LogP contribution in [0.1, 0.15) is 5.56 Å². The van der Waals surface area contributed by atoms with Crippen LogP contribution < -0.4 is 24.2 Å². The van der Waals surface area contributed by atoms with Gasteiger partial charge >= 0.3 is 24.8 Å². The number of nitrogens with one attached hydrogen (secondary N) is 1. The minimum Gasteiger partial charge on any atom is -0.870 e. The van der Waals surface area contributed by atoms with Gasteiger partial charge in [-0.3, -0.25) is 0 Å². The second kappa shape index (κ2) is 6.48.